The Kier molecular flexibility index (Phi) is 3.37. The van der Waals surface area contributed by atoms with Crippen LogP contribution in [0.2, 0.25) is 0 Å². The molecule has 0 fully saturated rings. The molecule has 0 radical (unpaired) electrons. The lowest BCUT2D eigenvalue weighted by atomic mass is 10.1. The molecule has 2 rings (SSSR count). The third-order valence-electron chi connectivity index (χ3n) is 2.88. The van der Waals surface area contributed by atoms with Gasteiger partial charge in [0.05, 0.1) is 16.9 Å². The molecule has 0 saturated carbocycles. The summed E-state index contributed by atoms with van der Waals surface area (Å²) in [5, 5.41) is 0. The van der Waals surface area contributed by atoms with E-state index in [-0.39, 0.29) is 5.91 Å². The van der Waals surface area contributed by atoms with Crippen molar-refractivity contribution in [1.29, 1.82) is 0 Å². The molecule has 0 aliphatic heterocycles. The van der Waals surface area contributed by atoms with Gasteiger partial charge in [-0.05, 0) is 38.1 Å². The Hall–Kier alpha value is -2.23. The summed E-state index contributed by atoms with van der Waals surface area (Å²) in [7, 11) is 1.75. The van der Waals surface area contributed by atoms with Gasteiger partial charge in [0.25, 0.3) is 5.91 Å². The van der Waals surface area contributed by atoms with Gasteiger partial charge in [-0.25, -0.2) is 0 Å². The van der Waals surface area contributed by atoms with Gasteiger partial charge in [-0.2, -0.15) is 0 Å². The minimum absolute atomic E-state index is 0.0725. The zero-order chi connectivity index (χ0) is 13.1. The number of anilines is 1. The van der Waals surface area contributed by atoms with Gasteiger partial charge >= 0.3 is 0 Å². The molecular formula is C14H15N3O. The summed E-state index contributed by atoms with van der Waals surface area (Å²) in [6, 6.07) is 7.26. The monoisotopic (exact) mass is 241 g/mol. The van der Waals surface area contributed by atoms with Crippen molar-refractivity contribution < 1.29 is 4.79 Å². The van der Waals surface area contributed by atoms with Crippen LogP contribution in [0.4, 0.5) is 5.69 Å². The van der Waals surface area contributed by atoms with Gasteiger partial charge in [-0.15, -0.1) is 0 Å². The molecule has 2 aromatic rings. The third kappa shape index (κ3) is 2.22. The van der Waals surface area contributed by atoms with E-state index >= 15 is 0 Å². The average Bonchev–Trinajstić information content (AvgIpc) is 2.38. The normalized spacial score (nSPS) is 10.2. The van der Waals surface area contributed by atoms with Crippen molar-refractivity contribution in [1.82, 2.24) is 9.97 Å². The fourth-order valence-corrected chi connectivity index (χ4v) is 1.83. The fraction of sp³-hybridized carbons (Fsp3) is 0.214. The van der Waals surface area contributed by atoms with Crippen LogP contribution in [0.3, 0.4) is 0 Å². The average molecular weight is 241 g/mol. The highest BCUT2D eigenvalue weighted by molar-refractivity contribution is 6.06. The summed E-state index contributed by atoms with van der Waals surface area (Å²) < 4.78 is 0. The van der Waals surface area contributed by atoms with E-state index in [1.54, 1.807) is 36.5 Å². The maximum Gasteiger partial charge on any atom is 0.259 e. The molecule has 0 aliphatic rings. The molecule has 4 heteroatoms. The molecule has 0 aromatic carbocycles. The Morgan fingerprint density at radius 3 is 2.28 bits per heavy atom. The molecule has 0 N–H and O–H groups in total. The first-order valence-corrected chi connectivity index (χ1v) is 5.72. The number of nitrogens with zero attached hydrogens (tertiary/aromatic N) is 3. The molecule has 4 nitrogen and oxygen atoms in total. The summed E-state index contributed by atoms with van der Waals surface area (Å²) in [5.74, 6) is -0.0725. The third-order valence-corrected chi connectivity index (χ3v) is 2.88. The van der Waals surface area contributed by atoms with Crippen LogP contribution < -0.4 is 4.90 Å². The Balaban J connectivity index is 2.36. The van der Waals surface area contributed by atoms with Crippen LogP contribution in [0.25, 0.3) is 0 Å². The fourth-order valence-electron chi connectivity index (χ4n) is 1.83. The first kappa shape index (κ1) is 12.2. The maximum atomic E-state index is 12.4. The van der Waals surface area contributed by atoms with Crippen molar-refractivity contribution in [2.75, 3.05) is 11.9 Å². The van der Waals surface area contributed by atoms with Gasteiger partial charge in [0.2, 0.25) is 0 Å². The zero-order valence-electron chi connectivity index (χ0n) is 10.7. The van der Waals surface area contributed by atoms with Gasteiger partial charge in [-0.1, -0.05) is 0 Å². The number of amides is 1. The SMILES string of the molecule is Cc1ncccc1C(=O)N(C)c1cccnc1C. The largest absolute Gasteiger partial charge is 0.310 e. The number of rotatable bonds is 2. The summed E-state index contributed by atoms with van der Waals surface area (Å²) in [4.78, 5) is 22.3. The van der Waals surface area contributed by atoms with Gasteiger partial charge in [0, 0.05) is 25.1 Å². The van der Waals surface area contributed by atoms with E-state index in [0.717, 1.165) is 17.1 Å². The van der Waals surface area contributed by atoms with Crippen LogP contribution in [-0.2, 0) is 0 Å². The number of hydrogen-bond donors (Lipinski definition) is 0. The van der Waals surface area contributed by atoms with Crippen LogP contribution in [0.1, 0.15) is 21.7 Å². The van der Waals surface area contributed by atoms with E-state index in [9.17, 15) is 4.79 Å². The molecule has 92 valence electrons. The molecule has 2 heterocycles. The van der Waals surface area contributed by atoms with Crippen LogP contribution in [0.5, 0.6) is 0 Å². The minimum Gasteiger partial charge on any atom is -0.310 e. The molecule has 18 heavy (non-hydrogen) atoms. The molecule has 0 unspecified atom stereocenters. The lowest BCUT2D eigenvalue weighted by Crippen LogP contribution is -2.28. The van der Waals surface area contributed by atoms with Crippen molar-refractivity contribution >= 4 is 11.6 Å². The van der Waals surface area contributed by atoms with Crippen molar-refractivity contribution in [3.8, 4) is 0 Å². The molecular weight excluding hydrogens is 226 g/mol. The van der Waals surface area contributed by atoms with Crippen LogP contribution in [-0.4, -0.2) is 22.9 Å². The minimum atomic E-state index is -0.0725. The second-order valence-electron chi connectivity index (χ2n) is 4.11. The molecule has 2 aromatic heterocycles. The molecule has 0 saturated heterocycles. The summed E-state index contributed by atoms with van der Waals surface area (Å²) in [5.41, 5.74) is 2.99. The smallest absolute Gasteiger partial charge is 0.259 e. The van der Waals surface area contributed by atoms with Crippen LogP contribution in [0.15, 0.2) is 36.7 Å². The number of carbonyl (C=O) groups excluding carboxylic acids is 1. The first-order valence-electron chi connectivity index (χ1n) is 5.72. The second-order valence-corrected chi connectivity index (χ2v) is 4.11. The van der Waals surface area contributed by atoms with E-state index in [2.05, 4.69) is 9.97 Å². The first-order chi connectivity index (χ1) is 8.61. The van der Waals surface area contributed by atoms with E-state index in [4.69, 9.17) is 0 Å². The van der Waals surface area contributed by atoms with Crippen LogP contribution >= 0.6 is 0 Å². The van der Waals surface area contributed by atoms with Crippen LogP contribution in [0, 0.1) is 13.8 Å². The van der Waals surface area contributed by atoms with E-state index < -0.39 is 0 Å². The molecule has 0 aliphatic carbocycles. The van der Waals surface area contributed by atoms with Crippen molar-refractivity contribution in [3.05, 3.63) is 53.6 Å². The quantitative estimate of drug-likeness (QED) is 0.811. The maximum absolute atomic E-state index is 12.4. The topological polar surface area (TPSA) is 46.1 Å². The number of pyridine rings is 2. The Bertz CT molecular complexity index is 581. The Labute approximate surface area is 106 Å². The van der Waals surface area contributed by atoms with E-state index in [1.165, 1.54) is 0 Å². The Morgan fingerprint density at radius 2 is 1.67 bits per heavy atom. The predicted molar refractivity (Wildman–Crippen MR) is 70.7 cm³/mol. The molecule has 1 amide bonds. The number of hydrogen-bond acceptors (Lipinski definition) is 3. The zero-order valence-corrected chi connectivity index (χ0v) is 10.7. The highest BCUT2D eigenvalue weighted by atomic mass is 16.2. The molecule has 0 bridgehead atoms. The number of aromatic nitrogens is 2. The van der Waals surface area contributed by atoms with Gasteiger partial charge < -0.3 is 4.90 Å². The van der Waals surface area contributed by atoms with E-state index in [1.807, 2.05) is 26.0 Å². The second kappa shape index (κ2) is 4.96. The molecule has 0 atom stereocenters. The lowest BCUT2D eigenvalue weighted by Gasteiger charge is -2.19. The summed E-state index contributed by atoms with van der Waals surface area (Å²) in [6.45, 7) is 3.71. The van der Waals surface area contributed by atoms with Gasteiger partial charge in [0.1, 0.15) is 0 Å². The van der Waals surface area contributed by atoms with Gasteiger partial charge in [0.15, 0.2) is 0 Å². The molecule has 0 spiro atoms. The Morgan fingerprint density at radius 1 is 1.06 bits per heavy atom. The standard InChI is InChI=1S/C14H15N3O/c1-10-12(6-4-8-15-10)14(18)17(3)13-7-5-9-16-11(13)2/h4-9H,1-3H3. The van der Waals surface area contributed by atoms with Crippen molar-refractivity contribution in [2.45, 2.75) is 13.8 Å². The summed E-state index contributed by atoms with van der Waals surface area (Å²) in [6.07, 6.45) is 3.40. The highest BCUT2D eigenvalue weighted by Crippen LogP contribution is 2.18. The van der Waals surface area contributed by atoms with Gasteiger partial charge in [-0.3, -0.25) is 14.8 Å². The number of aryl methyl sites for hydroxylation is 2. The van der Waals surface area contributed by atoms with E-state index in [0.29, 0.717) is 5.56 Å². The van der Waals surface area contributed by atoms with Crippen molar-refractivity contribution in [2.24, 2.45) is 0 Å². The summed E-state index contributed by atoms with van der Waals surface area (Å²) >= 11 is 0. The van der Waals surface area contributed by atoms with Crippen molar-refractivity contribution in [3.63, 3.8) is 0 Å². The number of carbonyl (C=O) groups is 1. The predicted octanol–water partition coefficient (Wildman–Crippen LogP) is 2.37. The lowest BCUT2D eigenvalue weighted by molar-refractivity contribution is 0.0992. The highest BCUT2D eigenvalue weighted by Gasteiger charge is 2.17.